The van der Waals surface area contributed by atoms with Gasteiger partial charge >= 0.3 is 12.1 Å². The van der Waals surface area contributed by atoms with Gasteiger partial charge < -0.3 is 42.2 Å². The number of hydrogen-bond acceptors (Lipinski definition) is 9. The van der Waals surface area contributed by atoms with E-state index >= 15 is 0 Å². The second-order valence-electron chi connectivity index (χ2n) is 11.4. The van der Waals surface area contributed by atoms with Gasteiger partial charge in [-0.25, -0.2) is 9.59 Å². The van der Waals surface area contributed by atoms with Crippen molar-refractivity contribution in [2.75, 3.05) is 7.11 Å². The van der Waals surface area contributed by atoms with Crippen molar-refractivity contribution in [3.05, 3.63) is 0 Å². The summed E-state index contributed by atoms with van der Waals surface area (Å²) >= 11 is 0. The number of methoxy groups -OCH3 is 1. The molecule has 0 saturated carbocycles. The monoisotopic (exact) mass is 600 g/mol. The molecule has 0 spiro atoms. The van der Waals surface area contributed by atoms with Crippen LogP contribution in [0.25, 0.3) is 0 Å². The van der Waals surface area contributed by atoms with Crippen LogP contribution >= 0.6 is 0 Å². The number of carbonyl (C=O) groups excluding carboxylic acids is 7. The van der Waals surface area contributed by atoms with E-state index in [1.807, 2.05) is 0 Å². The van der Waals surface area contributed by atoms with Gasteiger partial charge in [0.05, 0.1) is 7.11 Å². The molecule has 1 unspecified atom stereocenters. The lowest BCUT2D eigenvalue weighted by atomic mass is 9.96. The molecule has 0 aromatic carbocycles. The first kappa shape index (κ1) is 38.1. The highest BCUT2D eigenvalue weighted by Gasteiger charge is 2.34. The average Bonchev–Trinajstić information content (AvgIpc) is 2.87. The minimum Gasteiger partial charge on any atom is -0.467 e. The first-order valence-electron chi connectivity index (χ1n) is 13.9. The molecular weight excluding hydrogens is 552 g/mol. The number of rotatable bonds is 17. The maximum atomic E-state index is 13.4. The molecule has 15 nitrogen and oxygen atoms in total. The molecule has 8 N–H and O–H groups in total. The van der Waals surface area contributed by atoms with E-state index in [9.17, 15) is 33.6 Å². The summed E-state index contributed by atoms with van der Waals surface area (Å²) in [6.45, 7) is 11.8. The Morgan fingerprint density at radius 2 is 1.17 bits per heavy atom. The van der Waals surface area contributed by atoms with Gasteiger partial charge in [0.2, 0.25) is 29.5 Å². The minimum absolute atomic E-state index is 0.202. The Morgan fingerprint density at radius 1 is 0.714 bits per heavy atom. The molecule has 0 aromatic heterocycles. The molecular formula is C27H48N6O9. The summed E-state index contributed by atoms with van der Waals surface area (Å²) in [5, 5.41) is 10.0. The highest BCUT2D eigenvalue weighted by Crippen LogP contribution is 2.13. The van der Waals surface area contributed by atoms with Crippen LogP contribution in [0.3, 0.4) is 0 Å². The summed E-state index contributed by atoms with van der Waals surface area (Å²) in [5.74, 6) is -5.15. The van der Waals surface area contributed by atoms with Crippen LogP contribution in [-0.4, -0.2) is 78.5 Å². The number of amides is 6. The van der Waals surface area contributed by atoms with Crippen LogP contribution in [0.15, 0.2) is 0 Å². The van der Waals surface area contributed by atoms with Crippen molar-refractivity contribution >= 4 is 41.6 Å². The summed E-state index contributed by atoms with van der Waals surface area (Å²) in [6, 6.07) is -4.77. The molecule has 0 radical (unpaired) electrons. The Morgan fingerprint density at radius 3 is 1.57 bits per heavy atom. The topological polar surface area (TPSA) is 238 Å². The summed E-state index contributed by atoms with van der Waals surface area (Å²) in [4.78, 5) is 87.2. The lowest BCUT2D eigenvalue weighted by Gasteiger charge is -2.29. The van der Waals surface area contributed by atoms with Gasteiger partial charge in [-0.3, -0.25) is 24.0 Å². The highest BCUT2D eigenvalue weighted by atomic mass is 16.6. The third kappa shape index (κ3) is 14.6. The molecule has 0 heterocycles. The van der Waals surface area contributed by atoms with E-state index in [-0.39, 0.29) is 31.6 Å². The zero-order valence-electron chi connectivity index (χ0n) is 25.8. The summed E-state index contributed by atoms with van der Waals surface area (Å²) < 4.78 is 9.95. The van der Waals surface area contributed by atoms with E-state index < -0.39 is 77.3 Å². The zero-order valence-corrected chi connectivity index (χ0v) is 25.8. The van der Waals surface area contributed by atoms with Gasteiger partial charge in [0.25, 0.3) is 0 Å². The quantitative estimate of drug-likeness (QED) is 0.120. The molecule has 0 aliphatic rings. The Hall–Kier alpha value is -3.91. The first-order chi connectivity index (χ1) is 19.3. The molecule has 0 saturated heterocycles. The van der Waals surface area contributed by atoms with Crippen molar-refractivity contribution < 1.29 is 43.0 Å². The molecule has 5 atom stereocenters. The summed E-state index contributed by atoms with van der Waals surface area (Å²) in [5.41, 5.74) is 9.59. The fourth-order valence-corrected chi connectivity index (χ4v) is 3.66. The van der Waals surface area contributed by atoms with E-state index in [0.717, 1.165) is 0 Å². The summed E-state index contributed by atoms with van der Waals surface area (Å²) in [7, 11) is 1.19. The molecule has 0 fully saturated rings. The van der Waals surface area contributed by atoms with Crippen LogP contribution in [0.5, 0.6) is 0 Å². The van der Waals surface area contributed by atoms with Crippen LogP contribution in [-0.2, 0) is 38.2 Å². The predicted molar refractivity (Wildman–Crippen MR) is 152 cm³/mol. The van der Waals surface area contributed by atoms with Crippen LogP contribution in [0, 0.1) is 11.8 Å². The van der Waals surface area contributed by atoms with Crippen LogP contribution < -0.4 is 32.7 Å². The number of nitrogens with two attached hydrogens (primary N) is 2. The van der Waals surface area contributed by atoms with E-state index in [0.29, 0.717) is 6.42 Å². The smallest absolute Gasteiger partial charge is 0.408 e. The van der Waals surface area contributed by atoms with Crippen molar-refractivity contribution in [2.24, 2.45) is 23.3 Å². The van der Waals surface area contributed by atoms with Crippen LogP contribution in [0.4, 0.5) is 4.79 Å². The van der Waals surface area contributed by atoms with Gasteiger partial charge in [-0.15, -0.1) is 0 Å². The molecule has 0 aromatic rings. The van der Waals surface area contributed by atoms with Gasteiger partial charge in [0.15, 0.2) is 0 Å². The number of nitrogens with one attached hydrogen (secondary N) is 4. The number of primary amides is 2. The zero-order chi connectivity index (χ0) is 32.8. The first-order valence-corrected chi connectivity index (χ1v) is 13.9. The minimum atomic E-state index is -1.36. The van der Waals surface area contributed by atoms with Crippen molar-refractivity contribution in [1.82, 2.24) is 21.3 Å². The maximum absolute atomic E-state index is 13.4. The van der Waals surface area contributed by atoms with Crippen molar-refractivity contribution in [2.45, 2.75) is 110 Å². The summed E-state index contributed by atoms with van der Waals surface area (Å²) in [6.07, 6.45) is -1.46. The average molecular weight is 601 g/mol. The molecule has 0 aliphatic carbocycles. The molecule has 42 heavy (non-hydrogen) atoms. The molecule has 0 aliphatic heterocycles. The third-order valence-corrected chi connectivity index (χ3v) is 6.21. The molecule has 240 valence electrons. The van der Waals surface area contributed by atoms with Crippen molar-refractivity contribution in [3.8, 4) is 0 Å². The van der Waals surface area contributed by atoms with Crippen molar-refractivity contribution in [1.29, 1.82) is 0 Å². The fraction of sp³-hybridized carbons (Fsp3) is 0.741. The number of carbonyl (C=O) groups is 7. The SMILES string of the molecule is CCC(C)[C@H](NC(=O)[C@H](CCC(N)=O)NC(=O)[C@H](CCC(N)=O)NC(=O)OC(C)(C)C)C(=O)N[C@H](C(=O)OC)C(C)C. The van der Waals surface area contributed by atoms with Gasteiger partial charge in [-0.05, 0) is 45.4 Å². The molecule has 15 heteroatoms. The van der Waals surface area contributed by atoms with E-state index in [2.05, 4.69) is 21.3 Å². The van der Waals surface area contributed by atoms with Gasteiger partial charge in [-0.2, -0.15) is 0 Å². The second kappa shape index (κ2) is 17.8. The Balaban J connectivity index is 6.04. The normalized spacial score (nSPS) is 14.8. The van der Waals surface area contributed by atoms with E-state index in [1.165, 1.54) is 7.11 Å². The second-order valence-corrected chi connectivity index (χ2v) is 11.4. The Labute approximate surface area is 246 Å². The third-order valence-electron chi connectivity index (χ3n) is 6.21. The number of esters is 1. The molecule has 6 amide bonds. The van der Waals surface area contributed by atoms with Crippen molar-refractivity contribution in [3.63, 3.8) is 0 Å². The number of ether oxygens (including phenoxy) is 2. The molecule has 0 bridgehead atoms. The Kier molecular flexibility index (Phi) is 16.1. The van der Waals surface area contributed by atoms with E-state index in [4.69, 9.17) is 20.9 Å². The highest BCUT2D eigenvalue weighted by molar-refractivity contribution is 5.95. The van der Waals surface area contributed by atoms with Gasteiger partial charge in [-0.1, -0.05) is 34.1 Å². The van der Waals surface area contributed by atoms with Crippen LogP contribution in [0.2, 0.25) is 0 Å². The lowest BCUT2D eigenvalue weighted by molar-refractivity contribution is -0.147. The Bertz CT molecular complexity index is 980. The fourth-order valence-electron chi connectivity index (χ4n) is 3.66. The van der Waals surface area contributed by atoms with Gasteiger partial charge in [0.1, 0.15) is 29.8 Å². The standard InChI is InChI=1S/C27H48N6O9/c1-9-15(4)21(24(38)32-20(14(2)3)25(39)41-8)33-23(37)16(10-12-18(28)34)30-22(36)17(11-13-19(29)35)31-26(40)42-27(5,6)7/h14-17,20-21H,9-13H2,1-8H3,(H2,28,34)(H2,29,35)(H,30,36)(H,31,40)(H,32,38)(H,33,37)/t15?,16-,17-,20-,21-/m0/s1. The number of alkyl carbamates (subject to hydrolysis) is 1. The van der Waals surface area contributed by atoms with Gasteiger partial charge in [0, 0.05) is 12.8 Å². The number of hydrogen-bond donors (Lipinski definition) is 6. The largest absolute Gasteiger partial charge is 0.467 e. The predicted octanol–water partition coefficient (Wildman–Crippen LogP) is -0.260. The van der Waals surface area contributed by atoms with E-state index in [1.54, 1.807) is 48.5 Å². The maximum Gasteiger partial charge on any atom is 0.408 e. The molecule has 0 rings (SSSR count). The lowest BCUT2D eigenvalue weighted by Crippen LogP contribution is -2.59. The van der Waals surface area contributed by atoms with Crippen LogP contribution in [0.1, 0.15) is 80.6 Å².